The van der Waals surface area contributed by atoms with Crippen LogP contribution in [0.4, 0.5) is 10.2 Å². The monoisotopic (exact) mass is 224 g/mol. The van der Waals surface area contributed by atoms with Crippen LogP contribution in [0.5, 0.6) is 0 Å². The van der Waals surface area contributed by atoms with Gasteiger partial charge in [-0.15, -0.1) is 10.0 Å². The van der Waals surface area contributed by atoms with E-state index in [-0.39, 0.29) is 6.42 Å². The van der Waals surface area contributed by atoms with Crippen LogP contribution < -0.4 is 5.54 Å². The third-order valence-electron chi connectivity index (χ3n) is 1.97. The minimum absolute atomic E-state index is 0.0163. The van der Waals surface area contributed by atoms with Crippen LogP contribution in [-0.2, 0) is 11.2 Å². The van der Waals surface area contributed by atoms with Gasteiger partial charge in [0.15, 0.2) is 0 Å². The van der Waals surface area contributed by atoms with E-state index in [1.807, 2.05) is 0 Å². The van der Waals surface area contributed by atoms with Gasteiger partial charge in [0, 0.05) is 17.0 Å². The van der Waals surface area contributed by atoms with Crippen molar-refractivity contribution >= 4 is 11.7 Å². The van der Waals surface area contributed by atoms with Crippen molar-refractivity contribution in [1.29, 1.82) is 0 Å². The van der Waals surface area contributed by atoms with Gasteiger partial charge in [-0.1, -0.05) is 29.4 Å². The van der Waals surface area contributed by atoms with Gasteiger partial charge < -0.3 is 5.11 Å². The maximum absolute atomic E-state index is 12.1. The number of nitrogens with zero attached hydrogens (tertiary/aromatic N) is 3. The highest BCUT2D eigenvalue weighted by molar-refractivity contribution is 5.73. The fourth-order valence-corrected chi connectivity index (χ4v) is 1.16. The molecule has 1 aromatic carbocycles. The molecule has 84 valence electrons. The van der Waals surface area contributed by atoms with Crippen molar-refractivity contribution in [2.45, 2.75) is 12.5 Å². The Morgan fingerprint density at radius 1 is 1.56 bits per heavy atom. The molecule has 0 radical (unpaired) electrons. The Bertz CT molecular complexity index is 414. The molecule has 0 aromatic heterocycles. The first kappa shape index (κ1) is 12.0. The quantitative estimate of drug-likeness (QED) is 0.346. The maximum Gasteiger partial charge on any atom is 0.323 e. The lowest BCUT2D eigenvalue weighted by atomic mass is 10.1. The number of carboxylic acids is 1. The van der Waals surface area contributed by atoms with Crippen LogP contribution in [0.3, 0.4) is 0 Å². The third-order valence-corrected chi connectivity index (χ3v) is 1.97. The SMILES string of the molecule is [N-]=[N+]=Nc1ccc(C[C@H](NF)C(=O)O)cc1. The van der Waals surface area contributed by atoms with Gasteiger partial charge in [0.2, 0.25) is 0 Å². The summed E-state index contributed by atoms with van der Waals surface area (Å²) in [6.07, 6.45) is 0.0163. The number of hydrogen-bond acceptors (Lipinski definition) is 3. The molecular weight excluding hydrogens is 215 g/mol. The molecule has 0 fully saturated rings. The van der Waals surface area contributed by atoms with Crippen LogP contribution in [0.2, 0.25) is 0 Å². The highest BCUT2D eigenvalue weighted by Gasteiger charge is 2.16. The minimum Gasteiger partial charge on any atom is -0.480 e. The molecule has 0 aliphatic carbocycles. The molecule has 0 aliphatic rings. The van der Waals surface area contributed by atoms with Crippen LogP contribution in [0.25, 0.3) is 10.4 Å². The number of hydrogen-bond donors (Lipinski definition) is 2. The van der Waals surface area contributed by atoms with Gasteiger partial charge >= 0.3 is 5.97 Å². The fourth-order valence-electron chi connectivity index (χ4n) is 1.16. The number of halogens is 1. The normalized spacial score (nSPS) is 11.6. The number of rotatable bonds is 5. The maximum atomic E-state index is 12.1. The number of carbonyl (C=O) groups is 1. The second kappa shape index (κ2) is 5.69. The van der Waals surface area contributed by atoms with Gasteiger partial charge in [-0.25, -0.2) is 0 Å². The smallest absolute Gasteiger partial charge is 0.323 e. The molecule has 1 rings (SSSR count). The average molecular weight is 224 g/mol. The summed E-state index contributed by atoms with van der Waals surface area (Å²) in [5.41, 5.74) is 10.4. The molecule has 7 heteroatoms. The van der Waals surface area contributed by atoms with E-state index in [4.69, 9.17) is 10.6 Å². The van der Waals surface area contributed by atoms with Crippen molar-refractivity contribution in [1.82, 2.24) is 5.54 Å². The zero-order valence-electron chi connectivity index (χ0n) is 8.17. The van der Waals surface area contributed by atoms with Crippen LogP contribution in [0.15, 0.2) is 29.4 Å². The fraction of sp³-hybridized carbons (Fsp3) is 0.222. The van der Waals surface area contributed by atoms with Crippen molar-refractivity contribution in [3.05, 3.63) is 40.3 Å². The Balaban J connectivity index is 2.74. The third kappa shape index (κ3) is 3.23. The van der Waals surface area contributed by atoms with E-state index in [0.717, 1.165) is 0 Å². The van der Waals surface area contributed by atoms with Crippen LogP contribution in [0, 0.1) is 0 Å². The van der Waals surface area contributed by atoms with Gasteiger partial charge in [0.25, 0.3) is 0 Å². The predicted octanol–water partition coefficient (Wildman–Crippen LogP) is 2.10. The second-order valence-electron chi connectivity index (χ2n) is 3.06. The molecule has 0 saturated carbocycles. The first-order valence-electron chi connectivity index (χ1n) is 4.40. The zero-order chi connectivity index (χ0) is 12.0. The predicted molar refractivity (Wildman–Crippen MR) is 54.6 cm³/mol. The van der Waals surface area contributed by atoms with Crippen LogP contribution >= 0.6 is 0 Å². The lowest BCUT2D eigenvalue weighted by molar-refractivity contribution is -0.140. The molecule has 0 bridgehead atoms. The Morgan fingerprint density at radius 3 is 2.62 bits per heavy atom. The van der Waals surface area contributed by atoms with E-state index in [0.29, 0.717) is 11.3 Å². The Kier molecular flexibility index (Phi) is 4.26. The molecule has 0 spiro atoms. The zero-order valence-corrected chi connectivity index (χ0v) is 8.17. The first-order valence-corrected chi connectivity index (χ1v) is 4.40. The molecule has 1 aromatic rings. The second-order valence-corrected chi connectivity index (χ2v) is 3.06. The van der Waals surface area contributed by atoms with E-state index in [1.165, 1.54) is 17.7 Å². The number of carboxylic acid groups (broad SMARTS) is 1. The summed E-state index contributed by atoms with van der Waals surface area (Å²) in [4.78, 5) is 13.1. The van der Waals surface area contributed by atoms with Crippen LogP contribution in [0.1, 0.15) is 5.56 Å². The topological polar surface area (TPSA) is 98.1 Å². The summed E-state index contributed by atoms with van der Waals surface area (Å²) < 4.78 is 12.1. The Labute approximate surface area is 90.3 Å². The van der Waals surface area contributed by atoms with Crippen molar-refractivity contribution in [3.63, 3.8) is 0 Å². The van der Waals surface area contributed by atoms with E-state index < -0.39 is 12.0 Å². The molecule has 0 saturated heterocycles. The highest BCUT2D eigenvalue weighted by Crippen LogP contribution is 2.14. The Morgan fingerprint density at radius 2 is 2.19 bits per heavy atom. The summed E-state index contributed by atoms with van der Waals surface area (Å²) in [6.45, 7) is 0. The number of nitrogens with one attached hydrogen (secondary N) is 1. The van der Waals surface area contributed by atoms with Crippen molar-refractivity contribution in [2.24, 2.45) is 5.11 Å². The average Bonchev–Trinajstić information content (AvgIpc) is 2.28. The lowest BCUT2D eigenvalue weighted by Gasteiger charge is -2.08. The van der Waals surface area contributed by atoms with Crippen molar-refractivity contribution in [2.75, 3.05) is 0 Å². The number of azide groups is 1. The highest BCUT2D eigenvalue weighted by atomic mass is 19.2. The van der Waals surface area contributed by atoms with Gasteiger partial charge in [-0.05, 0) is 11.1 Å². The molecule has 0 heterocycles. The summed E-state index contributed by atoms with van der Waals surface area (Å²) in [5.74, 6) is -1.26. The molecule has 1 atom stereocenters. The Hall–Kier alpha value is -2.11. The minimum atomic E-state index is -1.27. The molecule has 0 aliphatic heterocycles. The number of aliphatic carboxylic acids is 1. The first-order chi connectivity index (χ1) is 7.67. The number of benzene rings is 1. The summed E-state index contributed by atoms with van der Waals surface area (Å²) >= 11 is 0. The van der Waals surface area contributed by atoms with Crippen LogP contribution in [-0.4, -0.2) is 17.1 Å². The molecule has 6 nitrogen and oxygen atoms in total. The van der Waals surface area contributed by atoms with Crippen molar-refractivity contribution < 1.29 is 14.4 Å². The van der Waals surface area contributed by atoms with Gasteiger partial charge in [-0.2, -0.15) is 0 Å². The van der Waals surface area contributed by atoms with E-state index >= 15 is 0 Å². The molecule has 2 N–H and O–H groups in total. The van der Waals surface area contributed by atoms with Gasteiger partial charge in [-0.3, -0.25) is 4.79 Å². The van der Waals surface area contributed by atoms with Crippen molar-refractivity contribution in [3.8, 4) is 0 Å². The lowest BCUT2D eigenvalue weighted by Crippen LogP contribution is -2.33. The van der Waals surface area contributed by atoms with E-state index in [9.17, 15) is 9.28 Å². The van der Waals surface area contributed by atoms with E-state index in [1.54, 1.807) is 12.1 Å². The van der Waals surface area contributed by atoms with E-state index in [2.05, 4.69) is 10.0 Å². The largest absolute Gasteiger partial charge is 0.480 e. The van der Waals surface area contributed by atoms with Gasteiger partial charge in [0.1, 0.15) is 6.04 Å². The molecule has 16 heavy (non-hydrogen) atoms. The summed E-state index contributed by atoms with van der Waals surface area (Å²) in [6, 6.07) is 4.96. The van der Waals surface area contributed by atoms with Gasteiger partial charge in [0.05, 0.1) is 0 Å². The molecular formula is C9H9FN4O2. The standard InChI is InChI=1S/C9H9FN4O2/c10-12-8(9(15)16)5-6-1-3-7(4-2-6)13-14-11/h1-4,8,12H,5H2,(H,15,16)/t8-/m0/s1. The summed E-state index contributed by atoms with van der Waals surface area (Å²) in [7, 11) is 0. The molecule has 0 amide bonds. The molecule has 0 unspecified atom stereocenters. The summed E-state index contributed by atoms with van der Waals surface area (Å²) in [5, 5.41) is 12.0.